The minimum atomic E-state index is 0.566. The summed E-state index contributed by atoms with van der Waals surface area (Å²) in [4.78, 5) is 10.5. The number of rotatable bonds is 5. The molecule has 136 valence electrons. The number of carbonyl (C=O) groups is 1. The van der Waals surface area contributed by atoms with E-state index in [9.17, 15) is 4.79 Å². The molecule has 2 atom stereocenters. The van der Waals surface area contributed by atoms with Crippen molar-refractivity contribution >= 4 is 21.1 Å². The molecule has 0 bridgehead atoms. The summed E-state index contributed by atoms with van der Waals surface area (Å²) >= 11 is 0. The molecule has 3 heteroatoms. The zero-order valence-corrected chi connectivity index (χ0v) is 16.7. The van der Waals surface area contributed by atoms with Gasteiger partial charge in [0.05, 0.1) is 7.11 Å². The third-order valence-electron chi connectivity index (χ3n) is 4.36. The third kappa shape index (κ3) is 5.97. The second kappa shape index (κ2) is 10.7. The molecule has 2 nitrogen and oxygen atoms in total. The second-order valence-corrected chi connectivity index (χ2v) is 6.97. The van der Waals surface area contributed by atoms with Crippen LogP contribution in [-0.4, -0.2) is 13.4 Å². The quantitative estimate of drug-likeness (QED) is 0.461. The van der Waals surface area contributed by atoms with Gasteiger partial charge in [-0.15, -0.1) is 9.24 Å². The predicted octanol–water partition coefficient (Wildman–Crippen LogP) is 6.25. The van der Waals surface area contributed by atoms with Crippen LogP contribution in [0, 0.1) is 0 Å². The fraction of sp³-hybridized carbons (Fsp3) is 0.261. The van der Waals surface area contributed by atoms with Gasteiger partial charge in [0.25, 0.3) is 0 Å². The molecule has 2 aromatic rings. The highest BCUT2D eigenvalue weighted by molar-refractivity contribution is 7.17. The zero-order valence-electron chi connectivity index (χ0n) is 15.5. The summed E-state index contributed by atoms with van der Waals surface area (Å²) in [5, 5.41) is 0. The lowest BCUT2D eigenvalue weighted by atomic mass is 9.99. The summed E-state index contributed by atoms with van der Waals surface area (Å²) < 4.78 is 5.08. The van der Waals surface area contributed by atoms with E-state index in [2.05, 4.69) is 46.5 Å². The molecule has 1 aliphatic carbocycles. The van der Waals surface area contributed by atoms with Crippen LogP contribution in [0.15, 0.2) is 66.8 Å². The molecule has 0 saturated heterocycles. The predicted molar refractivity (Wildman–Crippen MR) is 114 cm³/mol. The maximum absolute atomic E-state index is 10.5. The van der Waals surface area contributed by atoms with Crippen LogP contribution in [-0.2, 0) is 0 Å². The Morgan fingerprint density at radius 1 is 1.08 bits per heavy atom. The maximum atomic E-state index is 10.5. The number of benzene rings is 2. The first-order valence-electron chi connectivity index (χ1n) is 8.99. The normalized spacial score (nSPS) is 13.9. The van der Waals surface area contributed by atoms with Crippen LogP contribution in [0.4, 0.5) is 0 Å². The Morgan fingerprint density at radius 3 is 2.27 bits per heavy atom. The maximum Gasteiger partial charge on any atom is 0.150 e. The molecule has 0 saturated carbocycles. The van der Waals surface area contributed by atoms with Gasteiger partial charge in [-0.2, -0.15) is 0 Å². The highest BCUT2D eigenvalue weighted by atomic mass is 31.0. The minimum Gasteiger partial charge on any atom is -0.497 e. The number of hydrogen-bond donors (Lipinski definition) is 0. The fourth-order valence-corrected chi connectivity index (χ4v) is 2.89. The molecular weight excluding hydrogens is 339 g/mol. The van der Waals surface area contributed by atoms with E-state index in [1.54, 1.807) is 7.11 Å². The van der Waals surface area contributed by atoms with Crippen LogP contribution < -0.4 is 4.74 Å². The SMILES string of the molecule is CCC(P)c1ccc(OC)cc1.O=Cc1ccc(C2=CCCC=C2)cc1. The molecular formula is C23H27O2P. The van der Waals surface area contributed by atoms with Crippen molar-refractivity contribution in [3.8, 4) is 5.75 Å². The lowest BCUT2D eigenvalue weighted by Gasteiger charge is -2.08. The van der Waals surface area contributed by atoms with Gasteiger partial charge in [-0.3, -0.25) is 4.79 Å². The highest BCUT2D eigenvalue weighted by Gasteiger charge is 2.02. The summed E-state index contributed by atoms with van der Waals surface area (Å²) in [6.07, 6.45) is 10.8. The van der Waals surface area contributed by atoms with Crippen molar-refractivity contribution in [1.29, 1.82) is 0 Å². The molecule has 0 radical (unpaired) electrons. The van der Waals surface area contributed by atoms with E-state index in [1.165, 1.54) is 16.7 Å². The molecule has 0 N–H and O–H groups in total. The molecule has 0 aliphatic heterocycles. The van der Waals surface area contributed by atoms with Crippen LogP contribution in [0.5, 0.6) is 5.75 Å². The van der Waals surface area contributed by atoms with Crippen molar-refractivity contribution in [2.75, 3.05) is 7.11 Å². The Labute approximate surface area is 159 Å². The van der Waals surface area contributed by atoms with E-state index in [0.29, 0.717) is 5.66 Å². The summed E-state index contributed by atoms with van der Waals surface area (Å²) in [5.41, 5.74) is 5.09. The van der Waals surface area contributed by atoms with Gasteiger partial charge in [-0.1, -0.05) is 61.5 Å². The summed E-state index contributed by atoms with van der Waals surface area (Å²) in [5.74, 6) is 0.923. The van der Waals surface area contributed by atoms with E-state index in [0.717, 1.165) is 36.9 Å². The number of carbonyl (C=O) groups excluding carboxylic acids is 1. The van der Waals surface area contributed by atoms with E-state index in [1.807, 2.05) is 36.4 Å². The number of hydrogen-bond acceptors (Lipinski definition) is 2. The molecule has 0 fully saturated rings. The van der Waals surface area contributed by atoms with Gasteiger partial charge >= 0.3 is 0 Å². The number of ether oxygens (including phenoxy) is 1. The van der Waals surface area contributed by atoms with Gasteiger partial charge in [0, 0.05) is 5.56 Å². The topological polar surface area (TPSA) is 26.3 Å². The van der Waals surface area contributed by atoms with E-state index in [-0.39, 0.29) is 0 Å². The van der Waals surface area contributed by atoms with Gasteiger partial charge in [-0.25, -0.2) is 0 Å². The molecule has 0 heterocycles. The lowest BCUT2D eigenvalue weighted by molar-refractivity contribution is 0.112. The average Bonchev–Trinajstić information content (AvgIpc) is 2.74. The van der Waals surface area contributed by atoms with Gasteiger partial charge in [-0.05, 0) is 53.8 Å². The Morgan fingerprint density at radius 2 is 1.77 bits per heavy atom. The zero-order chi connectivity index (χ0) is 18.8. The number of methoxy groups -OCH3 is 1. The van der Waals surface area contributed by atoms with E-state index < -0.39 is 0 Å². The second-order valence-electron chi connectivity index (χ2n) is 6.17. The van der Waals surface area contributed by atoms with Gasteiger partial charge in [0.2, 0.25) is 0 Å². The number of aldehydes is 1. The summed E-state index contributed by atoms with van der Waals surface area (Å²) in [7, 11) is 4.53. The first-order chi connectivity index (χ1) is 12.7. The van der Waals surface area contributed by atoms with Crippen LogP contribution in [0.2, 0.25) is 0 Å². The molecule has 0 spiro atoms. The van der Waals surface area contributed by atoms with Crippen LogP contribution in [0.25, 0.3) is 5.57 Å². The first kappa shape index (κ1) is 20.1. The third-order valence-corrected chi connectivity index (χ3v) is 5.22. The Balaban J connectivity index is 0.000000190. The fourth-order valence-electron chi connectivity index (χ4n) is 2.67. The van der Waals surface area contributed by atoms with Crippen molar-refractivity contribution in [1.82, 2.24) is 0 Å². The Bertz CT molecular complexity index is 743. The van der Waals surface area contributed by atoms with Crippen molar-refractivity contribution in [3.63, 3.8) is 0 Å². The highest BCUT2D eigenvalue weighted by Crippen LogP contribution is 2.27. The smallest absolute Gasteiger partial charge is 0.150 e. The summed E-state index contributed by atoms with van der Waals surface area (Å²) in [6.45, 7) is 2.18. The van der Waals surface area contributed by atoms with Gasteiger partial charge in [0.15, 0.2) is 0 Å². The molecule has 2 unspecified atom stereocenters. The van der Waals surface area contributed by atoms with Crippen LogP contribution in [0.3, 0.4) is 0 Å². The van der Waals surface area contributed by atoms with Gasteiger partial charge in [0.1, 0.15) is 12.0 Å². The van der Waals surface area contributed by atoms with Gasteiger partial charge < -0.3 is 4.74 Å². The minimum absolute atomic E-state index is 0.566. The Hall–Kier alpha value is -2.18. The van der Waals surface area contributed by atoms with Crippen molar-refractivity contribution in [3.05, 3.63) is 83.4 Å². The standard InChI is InChI=1S/C13H12O.C10H15OP/c14-10-11-6-8-13(9-7-11)12-4-2-1-3-5-12;1-3-10(12)8-4-6-9(11-2)7-5-8/h2,4-10H,1,3H2;4-7,10H,3,12H2,1-2H3. The molecule has 1 aliphatic rings. The first-order valence-corrected chi connectivity index (χ1v) is 9.66. The molecule has 0 amide bonds. The number of allylic oxidation sites excluding steroid dienone is 4. The van der Waals surface area contributed by atoms with Crippen LogP contribution in [0.1, 0.15) is 53.3 Å². The molecule has 26 heavy (non-hydrogen) atoms. The van der Waals surface area contributed by atoms with Crippen molar-refractivity contribution in [2.45, 2.75) is 31.8 Å². The lowest BCUT2D eigenvalue weighted by Crippen LogP contribution is -1.88. The average molecular weight is 366 g/mol. The van der Waals surface area contributed by atoms with Crippen molar-refractivity contribution < 1.29 is 9.53 Å². The monoisotopic (exact) mass is 366 g/mol. The summed E-state index contributed by atoms with van der Waals surface area (Å²) in [6, 6.07) is 15.9. The van der Waals surface area contributed by atoms with Crippen molar-refractivity contribution in [2.24, 2.45) is 0 Å². The largest absolute Gasteiger partial charge is 0.497 e. The Kier molecular flexibility index (Phi) is 8.31. The molecule has 0 aromatic heterocycles. The molecule has 3 rings (SSSR count). The van der Waals surface area contributed by atoms with Crippen LogP contribution >= 0.6 is 9.24 Å². The van der Waals surface area contributed by atoms with E-state index >= 15 is 0 Å². The molecule has 2 aromatic carbocycles. The van der Waals surface area contributed by atoms with E-state index in [4.69, 9.17) is 4.74 Å².